The maximum Gasteiger partial charge on any atom is 0.488 e. The quantitative estimate of drug-likeness (QED) is 0.635. The Labute approximate surface area is 87.8 Å². The summed E-state index contributed by atoms with van der Waals surface area (Å²) in [5.41, 5.74) is 3.62. The van der Waals surface area contributed by atoms with Gasteiger partial charge in [-0.1, -0.05) is 6.07 Å². The van der Waals surface area contributed by atoms with Crippen LogP contribution in [0.2, 0.25) is 0 Å². The summed E-state index contributed by atoms with van der Waals surface area (Å²) in [4.78, 5) is 8.68. The number of benzene rings is 1. The van der Waals surface area contributed by atoms with Crippen LogP contribution in [0.3, 0.4) is 0 Å². The molecule has 1 aromatic heterocycles. The van der Waals surface area contributed by atoms with E-state index >= 15 is 0 Å². The molecule has 76 valence electrons. The summed E-state index contributed by atoms with van der Waals surface area (Å²) < 4.78 is 0. The lowest BCUT2D eigenvalue weighted by molar-refractivity contribution is 0.426. The molecule has 0 spiro atoms. The van der Waals surface area contributed by atoms with E-state index in [0.717, 1.165) is 16.9 Å². The minimum Gasteiger partial charge on any atom is -0.423 e. The second kappa shape index (κ2) is 3.60. The summed E-state index contributed by atoms with van der Waals surface area (Å²) in [6, 6.07) is 5.01. The standard InChI is InChI=1S/C10H11BN2O2/c1-6-7(2)13-10-5-8(11(14)15)3-4-9(10)12-6/h3-5,14-15H,1-2H3. The number of aryl methyl sites for hydroxylation is 2. The van der Waals surface area contributed by atoms with Crippen LogP contribution in [0.5, 0.6) is 0 Å². The molecule has 0 radical (unpaired) electrons. The van der Waals surface area contributed by atoms with Crippen LogP contribution in [0, 0.1) is 13.8 Å². The average molecular weight is 202 g/mol. The fourth-order valence-corrected chi connectivity index (χ4v) is 1.41. The minimum atomic E-state index is -1.46. The van der Waals surface area contributed by atoms with Crippen LogP contribution >= 0.6 is 0 Å². The normalized spacial score (nSPS) is 10.7. The summed E-state index contributed by atoms with van der Waals surface area (Å²) in [6.07, 6.45) is 0. The monoisotopic (exact) mass is 202 g/mol. The lowest BCUT2D eigenvalue weighted by atomic mass is 9.80. The zero-order valence-corrected chi connectivity index (χ0v) is 8.60. The number of rotatable bonds is 1. The molecule has 0 amide bonds. The molecule has 0 bridgehead atoms. The van der Waals surface area contributed by atoms with Crippen molar-refractivity contribution in [1.29, 1.82) is 0 Å². The maximum absolute atomic E-state index is 9.01. The van der Waals surface area contributed by atoms with Crippen molar-refractivity contribution in [2.24, 2.45) is 0 Å². The Morgan fingerprint density at radius 3 is 2.20 bits per heavy atom. The van der Waals surface area contributed by atoms with E-state index in [1.54, 1.807) is 18.2 Å². The van der Waals surface area contributed by atoms with Gasteiger partial charge in [0.05, 0.1) is 22.4 Å². The van der Waals surface area contributed by atoms with E-state index in [1.165, 1.54) is 0 Å². The van der Waals surface area contributed by atoms with Gasteiger partial charge in [-0.25, -0.2) is 9.97 Å². The summed E-state index contributed by atoms with van der Waals surface area (Å²) in [5, 5.41) is 18.0. The van der Waals surface area contributed by atoms with Crippen molar-refractivity contribution in [2.45, 2.75) is 13.8 Å². The molecule has 0 atom stereocenters. The van der Waals surface area contributed by atoms with Gasteiger partial charge in [-0.05, 0) is 31.4 Å². The Morgan fingerprint density at radius 2 is 1.60 bits per heavy atom. The second-order valence-electron chi connectivity index (χ2n) is 3.52. The van der Waals surface area contributed by atoms with Gasteiger partial charge in [-0.2, -0.15) is 0 Å². The predicted octanol–water partition coefficient (Wildman–Crippen LogP) is -0.0736. The second-order valence-corrected chi connectivity index (χ2v) is 3.52. The highest BCUT2D eigenvalue weighted by atomic mass is 16.4. The lowest BCUT2D eigenvalue weighted by Gasteiger charge is -2.04. The molecule has 0 unspecified atom stereocenters. The van der Waals surface area contributed by atoms with Crippen molar-refractivity contribution in [3.8, 4) is 0 Å². The molecule has 0 fully saturated rings. The summed E-state index contributed by atoms with van der Waals surface area (Å²) in [6.45, 7) is 3.78. The molecule has 2 N–H and O–H groups in total. The molecule has 0 aliphatic carbocycles. The van der Waals surface area contributed by atoms with Gasteiger partial charge >= 0.3 is 7.12 Å². The van der Waals surface area contributed by atoms with Gasteiger partial charge < -0.3 is 10.0 Å². The molecule has 1 heterocycles. The Bertz CT molecular complexity index is 514. The van der Waals surface area contributed by atoms with E-state index in [0.29, 0.717) is 11.0 Å². The van der Waals surface area contributed by atoms with Gasteiger partial charge in [0.1, 0.15) is 0 Å². The van der Waals surface area contributed by atoms with E-state index in [4.69, 9.17) is 10.0 Å². The van der Waals surface area contributed by atoms with Gasteiger partial charge in [-0.15, -0.1) is 0 Å². The highest BCUT2D eigenvalue weighted by Crippen LogP contribution is 2.10. The molecule has 0 saturated carbocycles. The first-order valence-electron chi connectivity index (χ1n) is 4.69. The first-order chi connectivity index (χ1) is 7.08. The highest BCUT2D eigenvalue weighted by molar-refractivity contribution is 6.58. The highest BCUT2D eigenvalue weighted by Gasteiger charge is 2.12. The number of fused-ring (bicyclic) bond motifs is 1. The van der Waals surface area contributed by atoms with E-state index in [1.807, 2.05) is 13.8 Å². The van der Waals surface area contributed by atoms with Crippen LogP contribution in [0.25, 0.3) is 11.0 Å². The van der Waals surface area contributed by atoms with Crippen molar-refractivity contribution in [2.75, 3.05) is 0 Å². The fraction of sp³-hybridized carbons (Fsp3) is 0.200. The van der Waals surface area contributed by atoms with Crippen LogP contribution in [0.15, 0.2) is 18.2 Å². The summed E-state index contributed by atoms with van der Waals surface area (Å²) in [5.74, 6) is 0. The van der Waals surface area contributed by atoms with E-state index in [-0.39, 0.29) is 0 Å². The third-order valence-corrected chi connectivity index (χ3v) is 2.40. The third kappa shape index (κ3) is 1.84. The van der Waals surface area contributed by atoms with Crippen molar-refractivity contribution in [1.82, 2.24) is 9.97 Å². The Balaban J connectivity index is 2.66. The molecule has 5 heteroatoms. The molecule has 15 heavy (non-hydrogen) atoms. The number of aromatic nitrogens is 2. The average Bonchev–Trinajstić information content (AvgIpc) is 2.19. The molecule has 1 aromatic carbocycles. The van der Waals surface area contributed by atoms with Gasteiger partial charge in [0.15, 0.2) is 0 Å². The minimum absolute atomic E-state index is 0.431. The van der Waals surface area contributed by atoms with Crippen LogP contribution in [0.4, 0.5) is 0 Å². The Kier molecular flexibility index (Phi) is 2.42. The van der Waals surface area contributed by atoms with Crippen molar-refractivity contribution in [3.05, 3.63) is 29.6 Å². The summed E-state index contributed by atoms with van der Waals surface area (Å²) in [7, 11) is -1.46. The number of nitrogens with zero attached hydrogens (tertiary/aromatic N) is 2. The number of hydrogen-bond acceptors (Lipinski definition) is 4. The smallest absolute Gasteiger partial charge is 0.423 e. The van der Waals surface area contributed by atoms with E-state index in [9.17, 15) is 0 Å². The van der Waals surface area contributed by atoms with Gasteiger partial charge in [0, 0.05) is 0 Å². The van der Waals surface area contributed by atoms with Crippen molar-refractivity contribution >= 4 is 23.6 Å². The SMILES string of the molecule is Cc1nc2ccc(B(O)O)cc2nc1C. The molecule has 0 aliphatic heterocycles. The molecule has 0 saturated heterocycles. The molecule has 0 aliphatic rings. The number of hydrogen-bond donors (Lipinski definition) is 2. The van der Waals surface area contributed by atoms with Crippen LogP contribution < -0.4 is 5.46 Å². The van der Waals surface area contributed by atoms with Crippen LogP contribution in [-0.2, 0) is 0 Å². The Hall–Kier alpha value is -1.46. The first-order valence-corrected chi connectivity index (χ1v) is 4.69. The largest absolute Gasteiger partial charge is 0.488 e. The van der Waals surface area contributed by atoms with Gasteiger partial charge in [0.25, 0.3) is 0 Å². The third-order valence-electron chi connectivity index (χ3n) is 2.40. The molecular formula is C10H11BN2O2. The first kappa shape index (κ1) is 10.1. The zero-order valence-electron chi connectivity index (χ0n) is 8.60. The van der Waals surface area contributed by atoms with Crippen LogP contribution in [0.1, 0.15) is 11.4 Å². The molecule has 4 nitrogen and oxygen atoms in total. The van der Waals surface area contributed by atoms with Gasteiger partial charge in [-0.3, -0.25) is 0 Å². The topological polar surface area (TPSA) is 66.2 Å². The van der Waals surface area contributed by atoms with Crippen molar-refractivity contribution in [3.63, 3.8) is 0 Å². The lowest BCUT2D eigenvalue weighted by Crippen LogP contribution is -2.29. The fourth-order valence-electron chi connectivity index (χ4n) is 1.41. The zero-order chi connectivity index (χ0) is 11.0. The van der Waals surface area contributed by atoms with Crippen LogP contribution in [-0.4, -0.2) is 27.1 Å². The predicted molar refractivity (Wildman–Crippen MR) is 58.8 cm³/mol. The Morgan fingerprint density at radius 1 is 1.00 bits per heavy atom. The maximum atomic E-state index is 9.01. The van der Waals surface area contributed by atoms with Crippen molar-refractivity contribution < 1.29 is 10.0 Å². The molecule has 2 aromatic rings. The van der Waals surface area contributed by atoms with E-state index < -0.39 is 7.12 Å². The van der Waals surface area contributed by atoms with Gasteiger partial charge in [0.2, 0.25) is 0 Å². The molecular weight excluding hydrogens is 191 g/mol. The molecule has 2 rings (SSSR count). The van der Waals surface area contributed by atoms with E-state index in [2.05, 4.69) is 9.97 Å². The summed E-state index contributed by atoms with van der Waals surface area (Å²) >= 11 is 0.